The van der Waals surface area contributed by atoms with Crippen LogP contribution in [0.3, 0.4) is 0 Å². The molecule has 0 aliphatic heterocycles. The third-order valence-corrected chi connectivity index (χ3v) is 3.05. The van der Waals surface area contributed by atoms with Gasteiger partial charge in [0.1, 0.15) is 0 Å². The van der Waals surface area contributed by atoms with Crippen LogP contribution in [-0.2, 0) is 14.4 Å². The second-order valence-electron chi connectivity index (χ2n) is 5.14. The lowest BCUT2D eigenvalue weighted by molar-refractivity contribution is -0.139. The van der Waals surface area contributed by atoms with Crippen molar-refractivity contribution in [3.05, 3.63) is 35.9 Å². The van der Waals surface area contributed by atoms with E-state index in [9.17, 15) is 14.4 Å². The van der Waals surface area contributed by atoms with Gasteiger partial charge < -0.3 is 15.7 Å². The standard InChI is InChI=1S/C16H22N4O4/c1-11(19-20-16(24)15(23)17-8-9-21)10-14(22)18-12(2)13-6-4-3-5-7-13/h3-7,12,21H,8-10H2,1-2H3,(H,17,23)(H,18,22)(H,20,24)/b19-11-/t12-/m1/s1. The number of benzene rings is 1. The highest BCUT2D eigenvalue weighted by Crippen LogP contribution is 2.11. The Labute approximate surface area is 140 Å². The van der Waals surface area contributed by atoms with E-state index in [1.165, 1.54) is 0 Å². The number of hydrazone groups is 1. The van der Waals surface area contributed by atoms with Crippen LogP contribution in [0.25, 0.3) is 0 Å². The van der Waals surface area contributed by atoms with Gasteiger partial charge in [-0.1, -0.05) is 30.3 Å². The second kappa shape index (κ2) is 10.1. The summed E-state index contributed by atoms with van der Waals surface area (Å²) < 4.78 is 0. The van der Waals surface area contributed by atoms with Crippen molar-refractivity contribution in [2.75, 3.05) is 13.2 Å². The molecule has 0 spiro atoms. The summed E-state index contributed by atoms with van der Waals surface area (Å²) in [4.78, 5) is 34.6. The average molecular weight is 334 g/mol. The Kier molecular flexibility index (Phi) is 8.14. The van der Waals surface area contributed by atoms with E-state index in [-0.39, 0.29) is 31.5 Å². The van der Waals surface area contributed by atoms with Crippen molar-refractivity contribution >= 4 is 23.4 Å². The summed E-state index contributed by atoms with van der Waals surface area (Å²) in [5.74, 6) is -2.10. The van der Waals surface area contributed by atoms with E-state index in [0.29, 0.717) is 5.71 Å². The zero-order valence-corrected chi connectivity index (χ0v) is 13.7. The van der Waals surface area contributed by atoms with Crippen LogP contribution >= 0.6 is 0 Å². The van der Waals surface area contributed by atoms with Crippen molar-refractivity contribution in [1.82, 2.24) is 16.1 Å². The fraction of sp³-hybridized carbons (Fsp3) is 0.375. The van der Waals surface area contributed by atoms with Gasteiger partial charge in [-0.3, -0.25) is 14.4 Å². The van der Waals surface area contributed by atoms with Crippen molar-refractivity contribution in [3.63, 3.8) is 0 Å². The van der Waals surface area contributed by atoms with Gasteiger partial charge >= 0.3 is 11.8 Å². The van der Waals surface area contributed by atoms with Crippen LogP contribution in [0.1, 0.15) is 31.9 Å². The molecule has 8 nitrogen and oxygen atoms in total. The lowest BCUT2D eigenvalue weighted by Gasteiger charge is -2.14. The molecule has 8 heteroatoms. The summed E-state index contributed by atoms with van der Waals surface area (Å²) in [6, 6.07) is 9.36. The Morgan fingerprint density at radius 1 is 1.17 bits per heavy atom. The Hall–Kier alpha value is -2.74. The van der Waals surface area contributed by atoms with Gasteiger partial charge in [-0.2, -0.15) is 5.10 Å². The van der Waals surface area contributed by atoms with E-state index in [2.05, 4.69) is 21.2 Å². The predicted octanol–water partition coefficient (Wildman–Crippen LogP) is -0.145. The third kappa shape index (κ3) is 7.01. The first-order valence-corrected chi connectivity index (χ1v) is 7.50. The molecule has 0 fully saturated rings. The van der Waals surface area contributed by atoms with Crippen LogP contribution in [-0.4, -0.2) is 41.7 Å². The summed E-state index contributed by atoms with van der Waals surface area (Å²) in [5.41, 5.74) is 3.40. The smallest absolute Gasteiger partial charge is 0.329 e. The third-order valence-electron chi connectivity index (χ3n) is 3.05. The SMILES string of the molecule is C/C(CC(=O)N[C@H](C)c1ccccc1)=N/NC(=O)C(=O)NCCO. The number of nitrogens with one attached hydrogen (secondary N) is 3. The van der Waals surface area contributed by atoms with Crippen LogP contribution in [0.2, 0.25) is 0 Å². The van der Waals surface area contributed by atoms with Crippen LogP contribution in [0.5, 0.6) is 0 Å². The zero-order valence-electron chi connectivity index (χ0n) is 13.7. The Bertz CT molecular complexity index is 601. The average Bonchev–Trinajstić information content (AvgIpc) is 2.58. The molecule has 3 amide bonds. The minimum Gasteiger partial charge on any atom is -0.395 e. The van der Waals surface area contributed by atoms with Gasteiger partial charge in [0.2, 0.25) is 5.91 Å². The predicted molar refractivity (Wildman–Crippen MR) is 89.0 cm³/mol. The first kappa shape index (κ1) is 19.3. The monoisotopic (exact) mass is 334 g/mol. The zero-order chi connectivity index (χ0) is 17.9. The molecule has 0 saturated heterocycles. The molecule has 1 aromatic rings. The fourth-order valence-electron chi connectivity index (χ4n) is 1.84. The molecule has 0 radical (unpaired) electrons. The van der Waals surface area contributed by atoms with E-state index < -0.39 is 11.8 Å². The summed E-state index contributed by atoms with van der Waals surface area (Å²) in [7, 11) is 0. The summed E-state index contributed by atoms with van der Waals surface area (Å²) in [6.07, 6.45) is -0.00425. The molecule has 0 unspecified atom stereocenters. The molecule has 0 saturated carbocycles. The summed E-state index contributed by atoms with van der Waals surface area (Å²) in [6.45, 7) is 3.15. The highest BCUT2D eigenvalue weighted by molar-refractivity contribution is 6.35. The molecular formula is C16H22N4O4. The van der Waals surface area contributed by atoms with Gasteiger partial charge in [0, 0.05) is 12.3 Å². The first-order chi connectivity index (χ1) is 11.4. The molecule has 0 aliphatic carbocycles. The molecule has 4 N–H and O–H groups in total. The van der Waals surface area contributed by atoms with Gasteiger partial charge in [0.15, 0.2) is 0 Å². The number of carbonyl (C=O) groups excluding carboxylic acids is 3. The minimum absolute atomic E-state index is 0.00425. The van der Waals surface area contributed by atoms with Gasteiger partial charge in [0.05, 0.1) is 19.1 Å². The number of carbonyl (C=O) groups is 3. The lowest BCUT2D eigenvalue weighted by atomic mass is 10.1. The van der Waals surface area contributed by atoms with Crippen LogP contribution in [0.4, 0.5) is 0 Å². The molecule has 130 valence electrons. The topological polar surface area (TPSA) is 120 Å². The van der Waals surface area contributed by atoms with Crippen molar-refractivity contribution in [2.24, 2.45) is 5.10 Å². The second-order valence-corrected chi connectivity index (χ2v) is 5.14. The number of hydrogen-bond donors (Lipinski definition) is 4. The van der Waals surface area contributed by atoms with Crippen LogP contribution in [0.15, 0.2) is 35.4 Å². The highest BCUT2D eigenvalue weighted by atomic mass is 16.3. The molecule has 1 atom stereocenters. The number of aliphatic hydroxyl groups excluding tert-OH is 1. The minimum atomic E-state index is -0.958. The molecule has 0 bridgehead atoms. The van der Waals surface area contributed by atoms with Crippen molar-refractivity contribution in [1.29, 1.82) is 0 Å². The first-order valence-electron chi connectivity index (χ1n) is 7.50. The lowest BCUT2D eigenvalue weighted by Crippen LogP contribution is -2.39. The number of nitrogens with zero attached hydrogens (tertiary/aromatic N) is 1. The van der Waals surface area contributed by atoms with Crippen molar-refractivity contribution < 1.29 is 19.5 Å². The molecule has 0 heterocycles. The number of amides is 3. The Balaban J connectivity index is 2.43. The maximum absolute atomic E-state index is 11.9. The Morgan fingerprint density at radius 2 is 1.83 bits per heavy atom. The quantitative estimate of drug-likeness (QED) is 0.315. The van der Waals surface area contributed by atoms with Crippen molar-refractivity contribution in [3.8, 4) is 0 Å². The normalized spacial score (nSPS) is 12.2. The van der Waals surface area contributed by atoms with E-state index in [4.69, 9.17) is 5.11 Å². The van der Waals surface area contributed by atoms with Crippen LogP contribution in [0, 0.1) is 0 Å². The van der Waals surface area contributed by atoms with E-state index >= 15 is 0 Å². The molecule has 24 heavy (non-hydrogen) atoms. The number of rotatable bonds is 7. The highest BCUT2D eigenvalue weighted by Gasteiger charge is 2.13. The molecule has 1 rings (SSSR count). The number of aliphatic hydroxyl groups is 1. The fourth-order valence-corrected chi connectivity index (χ4v) is 1.84. The molecule has 1 aromatic carbocycles. The molecular weight excluding hydrogens is 312 g/mol. The van der Waals surface area contributed by atoms with E-state index in [1.807, 2.05) is 37.3 Å². The largest absolute Gasteiger partial charge is 0.395 e. The maximum atomic E-state index is 11.9. The van der Waals surface area contributed by atoms with Gasteiger partial charge in [0.25, 0.3) is 0 Å². The Morgan fingerprint density at radius 3 is 2.46 bits per heavy atom. The number of hydrogen-bond acceptors (Lipinski definition) is 5. The van der Waals surface area contributed by atoms with Gasteiger partial charge in [-0.25, -0.2) is 5.43 Å². The maximum Gasteiger partial charge on any atom is 0.329 e. The van der Waals surface area contributed by atoms with Gasteiger partial charge in [-0.05, 0) is 19.4 Å². The van der Waals surface area contributed by atoms with Crippen LogP contribution < -0.4 is 16.1 Å². The molecule has 0 aliphatic rings. The summed E-state index contributed by atoms with van der Waals surface area (Å²) >= 11 is 0. The van der Waals surface area contributed by atoms with Gasteiger partial charge in [-0.15, -0.1) is 0 Å². The summed E-state index contributed by atoms with van der Waals surface area (Å²) in [5, 5.41) is 17.3. The van der Waals surface area contributed by atoms with E-state index in [0.717, 1.165) is 5.56 Å². The molecule has 0 aromatic heterocycles. The van der Waals surface area contributed by atoms with Crippen molar-refractivity contribution in [2.45, 2.75) is 26.3 Å². The van der Waals surface area contributed by atoms with E-state index in [1.54, 1.807) is 6.92 Å².